The van der Waals surface area contributed by atoms with Crippen LogP contribution in [0.2, 0.25) is 0 Å². The number of hydrogen-bond acceptors (Lipinski definition) is 9. The number of nitrogens with zero attached hydrogens (tertiary/aromatic N) is 1. The number of fused-ring (bicyclic) bond motifs is 1. The highest BCUT2D eigenvalue weighted by Crippen LogP contribution is 2.26. The largest absolute Gasteiger partial charge is 0.457 e. The highest BCUT2D eigenvalue weighted by Gasteiger charge is 2.26. The fraction of sp³-hybridized carbons (Fsp3) is 0.300. The Morgan fingerprint density at radius 2 is 1.68 bits per heavy atom. The van der Waals surface area contributed by atoms with E-state index in [0.29, 0.717) is 24.5 Å². The molecule has 14 heteroatoms. The Bertz CT molecular complexity index is 1710. The van der Waals surface area contributed by atoms with E-state index in [1.54, 1.807) is 18.5 Å². The minimum absolute atomic E-state index is 0.0200. The molecule has 3 aromatic rings. The summed E-state index contributed by atoms with van der Waals surface area (Å²) in [5.74, 6) is -0.823. The molecule has 5 N–H and O–H groups in total. The van der Waals surface area contributed by atoms with Crippen LogP contribution in [0.4, 0.5) is 5.69 Å². The van der Waals surface area contributed by atoms with Crippen LogP contribution < -0.4 is 11.1 Å². The molecule has 1 aliphatic rings. The summed E-state index contributed by atoms with van der Waals surface area (Å²) >= 11 is 0. The first-order valence-corrected chi connectivity index (χ1v) is 17.0. The van der Waals surface area contributed by atoms with Crippen LogP contribution in [0.5, 0.6) is 0 Å². The molecule has 12 nitrogen and oxygen atoms in total. The maximum atomic E-state index is 13.0. The standard InChI is InChI=1S/C28H29N3O3.2CH4O3S/c1-18-3-10-25(19(2)13-18)28(33)34-17-20-4-6-21(7-5-20)26(15-29)27(32)31-24-9-8-23-16-30-12-11-22(23)14-24;2*1-5(2,3)4/h3-6,8-14,16,21,26H,7,15,17,29H2,1-2H3,(H,31,32);2*1H3,(H,2,3,4)/t21?,26-;;/m1../s1. The molecule has 4 rings (SSSR count). The predicted molar refractivity (Wildman–Crippen MR) is 169 cm³/mol. The number of carbonyl (C=O) groups is 2. The summed E-state index contributed by atoms with van der Waals surface area (Å²) in [5, 5.41) is 5.03. The Hall–Kier alpha value is -3.95. The van der Waals surface area contributed by atoms with Crippen molar-refractivity contribution in [1.29, 1.82) is 0 Å². The molecule has 0 bridgehead atoms. The second kappa shape index (κ2) is 16.2. The number of nitrogens with one attached hydrogen (secondary N) is 1. The van der Waals surface area contributed by atoms with Gasteiger partial charge in [-0.15, -0.1) is 0 Å². The molecule has 44 heavy (non-hydrogen) atoms. The van der Waals surface area contributed by atoms with Crippen molar-refractivity contribution >= 4 is 48.6 Å². The molecule has 2 atom stereocenters. The van der Waals surface area contributed by atoms with Gasteiger partial charge in [-0.25, -0.2) is 4.79 Å². The molecule has 1 unspecified atom stereocenters. The number of ether oxygens (including phenoxy) is 1. The Balaban J connectivity index is 0.000000586. The zero-order valence-corrected chi connectivity index (χ0v) is 26.4. The van der Waals surface area contributed by atoms with Crippen molar-refractivity contribution in [2.24, 2.45) is 17.6 Å². The van der Waals surface area contributed by atoms with Crippen molar-refractivity contribution in [2.45, 2.75) is 20.3 Å². The van der Waals surface area contributed by atoms with E-state index in [-0.39, 0.29) is 36.9 Å². The van der Waals surface area contributed by atoms with Gasteiger partial charge in [0.05, 0.1) is 24.0 Å². The molecule has 0 fully saturated rings. The zero-order valence-electron chi connectivity index (χ0n) is 24.8. The van der Waals surface area contributed by atoms with E-state index in [1.165, 1.54) is 0 Å². The van der Waals surface area contributed by atoms with Gasteiger partial charge in [-0.05, 0) is 67.0 Å². The van der Waals surface area contributed by atoms with E-state index in [9.17, 15) is 26.4 Å². The number of hydrogen-bond donors (Lipinski definition) is 4. The van der Waals surface area contributed by atoms with Crippen molar-refractivity contribution in [3.05, 3.63) is 95.3 Å². The molecule has 0 spiro atoms. The van der Waals surface area contributed by atoms with Gasteiger partial charge in [-0.3, -0.25) is 18.9 Å². The van der Waals surface area contributed by atoms with Gasteiger partial charge in [0.1, 0.15) is 6.61 Å². The van der Waals surface area contributed by atoms with E-state index < -0.39 is 20.2 Å². The van der Waals surface area contributed by atoms with E-state index in [2.05, 4.69) is 10.3 Å². The van der Waals surface area contributed by atoms with Crippen LogP contribution >= 0.6 is 0 Å². The average Bonchev–Trinajstić information content (AvgIpc) is 2.91. The molecule has 1 aromatic heterocycles. The highest BCUT2D eigenvalue weighted by molar-refractivity contribution is 7.85. The molecular formula is C30H37N3O9S2. The maximum Gasteiger partial charge on any atom is 0.338 e. The van der Waals surface area contributed by atoms with Gasteiger partial charge in [-0.2, -0.15) is 16.8 Å². The first kappa shape index (κ1) is 36.2. The lowest BCUT2D eigenvalue weighted by Gasteiger charge is -2.24. The third-order valence-electron chi connectivity index (χ3n) is 6.20. The van der Waals surface area contributed by atoms with Crippen LogP contribution in [0.1, 0.15) is 27.9 Å². The van der Waals surface area contributed by atoms with Gasteiger partial charge in [0.2, 0.25) is 5.91 Å². The van der Waals surface area contributed by atoms with Gasteiger partial charge in [0.15, 0.2) is 0 Å². The van der Waals surface area contributed by atoms with Crippen molar-refractivity contribution in [3.8, 4) is 0 Å². The number of pyridine rings is 1. The van der Waals surface area contributed by atoms with Crippen LogP contribution in [0.3, 0.4) is 0 Å². The molecule has 1 heterocycles. The molecule has 0 aliphatic heterocycles. The fourth-order valence-electron chi connectivity index (χ4n) is 4.23. The monoisotopic (exact) mass is 647 g/mol. The third kappa shape index (κ3) is 13.6. The average molecular weight is 648 g/mol. The number of aromatic nitrogens is 1. The maximum absolute atomic E-state index is 13.0. The minimum Gasteiger partial charge on any atom is -0.457 e. The molecule has 0 saturated carbocycles. The fourth-order valence-corrected chi connectivity index (χ4v) is 4.23. The summed E-state index contributed by atoms with van der Waals surface area (Å²) in [6.45, 7) is 4.33. The molecule has 238 valence electrons. The topological polar surface area (TPSA) is 203 Å². The number of carbonyl (C=O) groups excluding carboxylic acids is 2. The van der Waals surface area contributed by atoms with Crippen LogP contribution in [0.15, 0.2) is 78.7 Å². The smallest absolute Gasteiger partial charge is 0.338 e. The molecular weight excluding hydrogens is 610 g/mol. The minimum atomic E-state index is -3.67. The lowest BCUT2D eigenvalue weighted by molar-refractivity contribution is -0.120. The Kier molecular flexibility index (Phi) is 13.4. The van der Waals surface area contributed by atoms with Gasteiger partial charge >= 0.3 is 5.97 Å². The van der Waals surface area contributed by atoms with E-state index in [1.807, 2.05) is 68.5 Å². The van der Waals surface area contributed by atoms with Gasteiger partial charge in [-0.1, -0.05) is 42.0 Å². The first-order valence-electron chi connectivity index (χ1n) is 13.3. The number of benzene rings is 2. The first-order chi connectivity index (χ1) is 20.4. The normalized spacial score (nSPS) is 15.1. The third-order valence-corrected chi connectivity index (χ3v) is 6.20. The molecule has 1 aliphatic carbocycles. The van der Waals surface area contributed by atoms with Gasteiger partial charge in [0, 0.05) is 30.0 Å². The number of aryl methyl sites for hydroxylation is 2. The van der Waals surface area contributed by atoms with E-state index >= 15 is 0 Å². The van der Waals surface area contributed by atoms with Crippen LogP contribution in [0, 0.1) is 25.7 Å². The quantitative estimate of drug-likeness (QED) is 0.215. The highest BCUT2D eigenvalue weighted by atomic mass is 32.2. The summed E-state index contributed by atoms with van der Waals surface area (Å²) < 4.78 is 57.2. The van der Waals surface area contributed by atoms with Crippen LogP contribution in [-0.4, -0.2) is 68.5 Å². The second-order valence-corrected chi connectivity index (χ2v) is 13.1. The van der Waals surface area contributed by atoms with Crippen LogP contribution in [0.25, 0.3) is 10.8 Å². The van der Waals surface area contributed by atoms with Gasteiger partial charge < -0.3 is 15.8 Å². The molecule has 0 saturated heterocycles. The summed E-state index contributed by atoms with van der Waals surface area (Å²) in [6.07, 6.45) is 11.5. The summed E-state index contributed by atoms with van der Waals surface area (Å²) in [5.41, 5.74) is 10.2. The number of amides is 1. The number of allylic oxidation sites excluding steroid dienone is 2. The van der Waals surface area contributed by atoms with Crippen molar-refractivity contribution < 1.29 is 40.3 Å². The summed E-state index contributed by atoms with van der Waals surface area (Å²) in [7, 11) is -7.33. The SMILES string of the molecule is CS(=O)(=O)O.CS(=O)(=O)O.Cc1ccc(C(=O)OCC2=CCC([C@@H](CN)C(=O)Nc3ccc4cnccc4c3)C=C2)c(C)c1. The Morgan fingerprint density at radius 3 is 2.25 bits per heavy atom. The Labute approximate surface area is 257 Å². The molecule has 2 aromatic carbocycles. The second-order valence-electron chi connectivity index (χ2n) is 10.2. The van der Waals surface area contributed by atoms with Crippen molar-refractivity contribution in [2.75, 3.05) is 31.0 Å². The number of nitrogens with two attached hydrogens (primary N) is 1. The predicted octanol–water partition coefficient (Wildman–Crippen LogP) is 3.73. The number of esters is 1. The molecule has 1 amide bonds. The van der Waals surface area contributed by atoms with Crippen LogP contribution in [-0.2, 0) is 29.8 Å². The lowest BCUT2D eigenvalue weighted by Crippen LogP contribution is -2.35. The van der Waals surface area contributed by atoms with E-state index in [0.717, 1.165) is 33.2 Å². The molecule has 0 radical (unpaired) electrons. The summed E-state index contributed by atoms with van der Waals surface area (Å²) in [4.78, 5) is 29.5. The van der Waals surface area contributed by atoms with Gasteiger partial charge in [0.25, 0.3) is 20.2 Å². The lowest BCUT2D eigenvalue weighted by atomic mass is 9.84. The Morgan fingerprint density at radius 1 is 1.02 bits per heavy atom. The number of rotatable bonds is 7. The number of anilines is 1. The van der Waals surface area contributed by atoms with Crippen molar-refractivity contribution in [3.63, 3.8) is 0 Å². The zero-order chi connectivity index (χ0) is 33.1. The van der Waals surface area contributed by atoms with Crippen molar-refractivity contribution in [1.82, 2.24) is 4.98 Å². The summed E-state index contributed by atoms with van der Waals surface area (Å²) in [6, 6.07) is 13.3. The van der Waals surface area contributed by atoms with E-state index in [4.69, 9.17) is 19.6 Å².